The molecule has 25 heavy (non-hydrogen) atoms. The molecule has 0 atom stereocenters. The van der Waals surface area contributed by atoms with Crippen LogP contribution in [0.1, 0.15) is 5.56 Å². The smallest absolute Gasteiger partial charge is 0.230 e. The van der Waals surface area contributed by atoms with Crippen LogP contribution in [0.5, 0.6) is 5.75 Å². The Morgan fingerprint density at radius 1 is 1.28 bits per heavy atom. The lowest BCUT2D eigenvalue weighted by molar-refractivity contribution is -0.118. The quantitative estimate of drug-likeness (QED) is 0.610. The van der Waals surface area contributed by atoms with Crippen LogP contribution in [0.2, 0.25) is 10.0 Å². The highest BCUT2D eigenvalue weighted by molar-refractivity contribution is 7.99. The maximum absolute atomic E-state index is 12.0. The van der Waals surface area contributed by atoms with Gasteiger partial charge in [-0.25, -0.2) is 4.98 Å². The van der Waals surface area contributed by atoms with Crippen molar-refractivity contribution in [1.29, 1.82) is 0 Å². The zero-order chi connectivity index (χ0) is 17.8. The van der Waals surface area contributed by atoms with E-state index in [-0.39, 0.29) is 11.7 Å². The fourth-order valence-corrected chi connectivity index (χ4v) is 3.39. The monoisotopic (exact) mass is 395 g/mol. The van der Waals surface area contributed by atoms with Gasteiger partial charge in [0.05, 0.1) is 23.9 Å². The van der Waals surface area contributed by atoms with Crippen molar-refractivity contribution < 1.29 is 9.53 Å². The van der Waals surface area contributed by atoms with Crippen molar-refractivity contribution in [3.05, 3.63) is 52.0 Å². The first-order chi connectivity index (χ1) is 12.0. The topological polar surface area (TPSA) is 67.0 Å². The van der Waals surface area contributed by atoms with Crippen LogP contribution in [-0.2, 0) is 11.3 Å². The molecule has 0 saturated heterocycles. The van der Waals surface area contributed by atoms with Gasteiger partial charge in [-0.15, -0.1) is 0 Å². The average molecular weight is 396 g/mol. The van der Waals surface area contributed by atoms with Crippen LogP contribution in [0.25, 0.3) is 11.0 Å². The maximum atomic E-state index is 12.0. The second kappa shape index (κ2) is 7.99. The number of ether oxygens (including phenoxy) is 1. The standard InChI is InChI=1S/C17H15Cl2N3O2S/c1-24-12-4-5-14-15(7-12)22-17(21-14)25-9-16(23)20-8-10-2-3-11(18)6-13(10)19/h2-7H,8-9H2,1H3,(H,20,23)(H,21,22). The van der Waals surface area contributed by atoms with Gasteiger partial charge in [0, 0.05) is 22.7 Å². The number of thioether (sulfide) groups is 1. The number of nitrogens with one attached hydrogen (secondary N) is 2. The van der Waals surface area contributed by atoms with Crippen molar-refractivity contribution >= 4 is 51.9 Å². The Morgan fingerprint density at radius 2 is 2.12 bits per heavy atom. The predicted octanol–water partition coefficient (Wildman–Crippen LogP) is 4.29. The number of benzene rings is 2. The molecule has 130 valence electrons. The molecule has 0 spiro atoms. The van der Waals surface area contributed by atoms with E-state index in [9.17, 15) is 4.79 Å². The number of nitrogens with zero attached hydrogens (tertiary/aromatic N) is 1. The highest BCUT2D eigenvalue weighted by atomic mass is 35.5. The van der Waals surface area contributed by atoms with Gasteiger partial charge in [0.15, 0.2) is 5.16 Å². The molecule has 3 aromatic rings. The van der Waals surface area contributed by atoms with Gasteiger partial charge in [0.2, 0.25) is 5.91 Å². The number of rotatable bonds is 6. The van der Waals surface area contributed by atoms with Gasteiger partial charge in [-0.3, -0.25) is 4.79 Å². The lowest BCUT2D eigenvalue weighted by Gasteiger charge is -2.06. The molecule has 1 amide bonds. The van der Waals surface area contributed by atoms with Gasteiger partial charge >= 0.3 is 0 Å². The predicted molar refractivity (Wildman–Crippen MR) is 102 cm³/mol. The van der Waals surface area contributed by atoms with Crippen molar-refractivity contribution in [1.82, 2.24) is 15.3 Å². The first kappa shape index (κ1) is 17.9. The molecule has 0 radical (unpaired) electrons. The Bertz CT molecular complexity index is 914. The molecule has 1 aromatic heterocycles. The molecular weight excluding hydrogens is 381 g/mol. The lowest BCUT2D eigenvalue weighted by atomic mass is 10.2. The Balaban J connectivity index is 1.55. The van der Waals surface area contributed by atoms with E-state index in [4.69, 9.17) is 27.9 Å². The number of H-pyrrole nitrogens is 1. The minimum atomic E-state index is -0.103. The number of imidazole rings is 1. The number of amides is 1. The molecule has 0 aliphatic carbocycles. The van der Waals surface area contributed by atoms with Crippen LogP contribution in [0, 0.1) is 0 Å². The van der Waals surface area contributed by atoms with Crippen molar-refractivity contribution in [3.63, 3.8) is 0 Å². The summed E-state index contributed by atoms with van der Waals surface area (Å²) < 4.78 is 5.18. The second-order valence-corrected chi connectivity index (χ2v) is 7.03. The highest BCUT2D eigenvalue weighted by Crippen LogP contribution is 2.23. The summed E-state index contributed by atoms with van der Waals surface area (Å²) >= 11 is 13.3. The summed E-state index contributed by atoms with van der Waals surface area (Å²) in [5, 5.41) is 4.62. The summed E-state index contributed by atoms with van der Waals surface area (Å²) in [6.07, 6.45) is 0. The number of hydrogen-bond donors (Lipinski definition) is 2. The zero-order valence-corrected chi connectivity index (χ0v) is 15.6. The molecular formula is C17H15Cl2N3O2S. The molecule has 0 saturated carbocycles. The van der Waals surface area contributed by atoms with Crippen molar-refractivity contribution in [2.45, 2.75) is 11.7 Å². The summed E-state index contributed by atoms with van der Waals surface area (Å²) in [4.78, 5) is 19.6. The van der Waals surface area contributed by atoms with E-state index < -0.39 is 0 Å². The Hall–Kier alpha value is -1.89. The van der Waals surface area contributed by atoms with Gasteiger partial charge < -0.3 is 15.0 Å². The van der Waals surface area contributed by atoms with Crippen molar-refractivity contribution in [3.8, 4) is 5.75 Å². The number of aromatic amines is 1. The van der Waals surface area contributed by atoms with E-state index in [0.29, 0.717) is 21.7 Å². The van der Waals surface area contributed by atoms with E-state index in [2.05, 4.69) is 15.3 Å². The molecule has 1 heterocycles. The first-order valence-corrected chi connectivity index (χ1v) is 9.16. The Kier molecular flexibility index (Phi) is 5.73. The number of carbonyl (C=O) groups excluding carboxylic acids is 1. The summed E-state index contributed by atoms with van der Waals surface area (Å²) in [5.74, 6) is 0.904. The Labute approximate surface area is 159 Å². The van der Waals surface area contributed by atoms with Crippen LogP contribution in [0.4, 0.5) is 0 Å². The minimum absolute atomic E-state index is 0.103. The number of fused-ring (bicyclic) bond motifs is 1. The largest absolute Gasteiger partial charge is 0.497 e. The third-order valence-electron chi connectivity index (χ3n) is 3.50. The van der Waals surface area contributed by atoms with E-state index in [0.717, 1.165) is 22.3 Å². The summed E-state index contributed by atoms with van der Waals surface area (Å²) in [6, 6.07) is 10.8. The highest BCUT2D eigenvalue weighted by Gasteiger charge is 2.09. The third kappa shape index (κ3) is 4.60. The lowest BCUT2D eigenvalue weighted by Crippen LogP contribution is -2.24. The van der Waals surface area contributed by atoms with Gasteiger partial charge in [0.25, 0.3) is 0 Å². The van der Waals surface area contributed by atoms with Crippen LogP contribution in [0.15, 0.2) is 41.6 Å². The number of aromatic nitrogens is 2. The van der Waals surface area contributed by atoms with Gasteiger partial charge in [-0.1, -0.05) is 41.0 Å². The third-order valence-corrected chi connectivity index (χ3v) is 4.96. The Morgan fingerprint density at radius 3 is 2.88 bits per heavy atom. The summed E-state index contributed by atoms with van der Waals surface area (Å²) in [7, 11) is 1.62. The van der Waals surface area contributed by atoms with Crippen LogP contribution >= 0.6 is 35.0 Å². The maximum Gasteiger partial charge on any atom is 0.230 e. The van der Waals surface area contributed by atoms with E-state index in [1.807, 2.05) is 18.2 Å². The van der Waals surface area contributed by atoms with E-state index in [1.165, 1.54) is 11.8 Å². The number of carbonyl (C=O) groups is 1. The molecule has 0 fully saturated rings. The van der Waals surface area contributed by atoms with Gasteiger partial charge in [0.1, 0.15) is 5.75 Å². The second-order valence-electron chi connectivity index (χ2n) is 5.23. The minimum Gasteiger partial charge on any atom is -0.497 e. The number of methoxy groups -OCH3 is 1. The molecule has 0 aliphatic heterocycles. The number of halogens is 2. The fraction of sp³-hybridized carbons (Fsp3) is 0.176. The van der Waals surface area contributed by atoms with Crippen LogP contribution < -0.4 is 10.1 Å². The first-order valence-electron chi connectivity index (χ1n) is 7.42. The normalized spacial score (nSPS) is 10.8. The zero-order valence-electron chi connectivity index (χ0n) is 13.3. The molecule has 0 aliphatic rings. The van der Waals surface area contributed by atoms with Crippen molar-refractivity contribution in [2.75, 3.05) is 12.9 Å². The molecule has 3 rings (SSSR count). The summed E-state index contributed by atoms with van der Waals surface area (Å²) in [6.45, 7) is 0.354. The molecule has 8 heteroatoms. The molecule has 2 N–H and O–H groups in total. The molecule has 5 nitrogen and oxygen atoms in total. The average Bonchev–Trinajstić information content (AvgIpc) is 3.01. The van der Waals surface area contributed by atoms with Gasteiger partial charge in [-0.2, -0.15) is 0 Å². The van der Waals surface area contributed by atoms with Crippen LogP contribution in [0.3, 0.4) is 0 Å². The fourth-order valence-electron chi connectivity index (χ4n) is 2.20. The summed E-state index contributed by atoms with van der Waals surface area (Å²) in [5.41, 5.74) is 2.52. The van der Waals surface area contributed by atoms with E-state index >= 15 is 0 Å². The molecule has 0 bridgehead atoms. The SMILES string of the molecule is COc1ccc2nc(SCC(=O)NCc3ccc(Cl)cc3Cl)[nH]c2c1. The number of hydrogen-bond acceptors (Lipinski definition) is 4. The molecule has 0 unspecified atom stereocenters. The van der Waals surface area contributed by atoms with E-state index in [1.54, 1.807) is 25.3 Å². The van der Waals surface area contributed by atoms with Crippen molar-refractivity contribution in [2.24, 2.45) is 0 Å². The van der Waals surface area contributed by atoms with Gasteiger partial charge in [-0.05, 0) is 29.8 Å². The van der Waals surface area contributed by atoms with Crippen LogP contribution in [-0.4, -0.2) is 28.7 Å². The molecule has 2 aromatic carbocycles.